The molecule has 0 atom stereocenters. The first-order chi connectivity index (χ1) is 15.1. The summed E-state index contributed by atoms with van der Waals surface area (Å²) in [6.45, 7) is 2.51. The first-order valence-electron chi connectivity index (χ1n) is 10.0. The molecule has 0 N–H and O–H groups in total. The number of methoxy groups -OCH3 is 3. The lowest BCUT2D eigenvalue weighted by Gasteiger charge is -2.12. The minimum Gasteiger partial charge on any atom is -0.493 e. The van der Waals surface area contributed by atoms with E-state index in [1.807, 2.05) is 4.57 Å². The van der Waals surface area contributed by atoms with E-state index in [2.05, 4.69) is 36.0 Å². The van der Waals surface area contributed by atoms with Gasteiger partial charge in [0.25, 0.3) is 5.91 Å². The van der Waals surface area contributed by atoms with Crippen molar-refractivity contribution in [1.82, 2.24) is 4.57 Å². The lowest BCUT2D eigenvalue weighted by molar-refractivity contribution is 0.0997. The van der Waals surface area contributed by atoms with Crippen molar-refractivity contribution in [2.75, 3.05) is 21.3 Å². The van der Waals surface area contributed by atoms with Gasteiger partial charge in [-0.05, 0) is 42.7 Å². The number of thiazole rings is 1. The van der Waals surface area contributed by atoms with Crippen LogP contribution in [0.2, 0.25) is 0 Å². The molecule has 31 heavy (non-hydrogen) atoms. The second-order valence-electron chi connectivity index (χ2n) is 6.91. The highest BCUT2D eigenvalue weighted by Crippen LogP contribution is 2.38. The zero-order valence-electron chi connectivity index (χ0n) is 18.2. The Kier molecular flexibility index (Phi) is 7.37. The van der Waals surface area contributed by atoms with Crippen LogP contribution in [0.5, 0.6) is 17.2 Å². The highest BCUT2D eigenvalue weighted by atomic mass is 32.1. The number of ether oxygens (including phenoxy) is 3. The monoisotopic (exact) mass is 438 g/mol. The molecule has 0 radical (unpaired) electrons. The van der Waals surface area contributed by atoms with Crippen molar-refractivity contribution in [2.45, 2.75) is 32.7 Å². The fourth-order valence-corrected chi connectivity index (χ4v) is 4.43. The summed E-state index contributed by atoms with van der Waals surface area (Å²) < 4.78 is 19.0. The van der Waals surface area contributed by atoms with Crippen molar-refractivity contribution in [3.63, 3.8) is 0 Å². The van der Waals surface area contributed by atoms with E-state index in [-0.39, 0.29) is 0 Å². The number of carbonyl (C=O) groups excluding carboxylic acids is 1. The van der Waals surface area contributed by atoms with E-state index >= 15 is 0 Å². The number of aromatic nitrogens is 1. The number of carbonyl (C=O) groups is 1. The van der Waals surface area contributed by atoms with Crippen LogP contribution in [-0.2, 0) is 13.0 Å². The van der Waals surface area contributed by atoms with E-state index < -0.39 is 5.91 Å². The van der Waals surface area contributed by atoms with Gasteiger partial charge in [-0.3, -0.25) is 4.79 Å². The Hall–Kier alpha value is -3.24. The molecule has 3 rings (SSSR count). The van der Waals surface area contributed by atoms with E-state index in [0.29, 0.717) is 34.2 Å². The number of fused-ring (bicyclic) bond motifs is 1. The quantitative estimate of drug-likeness (QED) is 0.488. The minimum atomic E-state index is -0.414. The van der Waals surface area contributed by atoms with Crippen molar-refractivity contribution in [1.29, 1.82) is 0 Å². The van der Waals surface area contributed by atoms with E-state index in [9.17, 15) is 4.79 Å². The van der Waals surface area contributed by atoms with Gasteiger partial charge >= 0.3 is 0 Å². The predicted molar refractivity (Wildman–Crippen MR) is 123 cm³/mol. The summed E-state index contributed by atoms with van der Waals surface area (Å²) in [4.78, 5) is 17.9. The first kappa shape index (κ1) is 22.4. The largest absolute Gasteiger partial charge is 0.493 e. The molecule has 0 aliphatic carbocycles. The van der Waals surface area contributed by atoms with Crippen molar-refractivity contribution in [2.24, 2.45) is 4.99 Å². The molecule has 0 aliphatic rings. The number of unbranched alkanes of at least 4 members (excludes halogenated alkanes) is 1. The number of hydrogen-bond donors (Lipinski definition) is 0. The summed E-state index contributed by atoms with van der Waals surface area (Å²) in [6.07, 6.45) is 8.89. The Morgan fingerprint density at radius 3 is 2.42 bits per heavy atom. The molecule has 3 aromatic rings. The number of aryl methyl sites for hydroxylation is 1. The molecule has 6 nitrogen and oxygen atoms in total. The maximum Gasteiger partial charge on any atom is 0.279 e. The van der Waals surface area contributed by atoms with Crippen molar-refractivity contribution < 1.29 is 19.0 Å². The Balaban J connectivity index is 2.09. The lowest BCUT2D eigenvalue weighted by atomic mass is 10.1. The molecule has 1 heterocycles. The number of hydrogen-bond acceptors (Lipinski definition) is 5. The smallest absolute Gasteiger partial charge is 0.279 e. The maximum atomic E-state index is 13.0. The highest BCUT2D eigenvalue weighted by molar-refractivity contribution is 7.16. The van der Waals surface area contributed by atoms with Gasteiger partial charge in [0, 0.05) is 5.56 Å². The van der Waals surface area contributed by atoms with Crippen LogP contribution >= 0.6 is 11.3 Å². The summed E-state index contributed by atoms with van der Waals surface area (Å²) >= 11 is 1.45. The average Bonchev–Trinajstić information content (AvgIpc) is 3.12. The molecule has 1 aromatic heterocycles. The summed E-state index contributed by atoms with van der Waals surface area (Å²) in [5, 5.41) is 0. The highest BCUT2D eigenvalue weighted by Gasteiger charge is 2.17. The molecule has 1 amide bonds. The van der Waals surface area contributed by atoms with Gasteiger partial charge < -0.3 is 18.8 Å². The second kappa shape index (κ2) is 10.2. The molecular weight excluding hydrogens is 412 g/mol. The lowest BCUT2D eigenvalue weighted by Crippen LogP contribution is -2.16. The van der Waals surface area contributed by atoms with Crippen LogP contribution in [0.15, 0.2) is 35.3 Å². The SMILES string of the molecule is C#CCn1c(=NC(=O)c2cc(OC)c(OC)c(OC)c2)sc2cc(CCCC)ccc21. The molecule has 162 valence electrons. The summed E-state index contributed by atoms with van der Waals surface area (Å²) in [6, 6.07) is 9.51. The third-order valence-electron chi connectivity index (χ3n) is 4.92. The van der Waals surface area contributed by atoms with Crippen molar-refractivity contribution in [3.05, 3.63) is 46.3 Å². The van der Waals surface area contributed by atoms with Gasteiger partial charge in [-0.2, -0.15) is 4.99 Å². The Bertz CT molecular complexity index is 1180. The minimum absolute atomic E-state index is 0.329. The van der Waals surface area contributed by atoms with E-state index in [0.717, 1.165) is 29.5 Å². The molecule has 2 aromatic carbocycles. The van der Waals surface area contributed by atoms with E-state index in [4.69, 9.17) is 20.6 Å². The van der Waals surface area contributed by atoms with Gasteiger partial charge in [0.15, 0.2) is 16.3 Å². The van der Waals surface area contributed by atoms with Crippen LogP contribution in [0.1, 0.15) is 35.7 Å². The molecule has 0 bridgehead atoms. The molecule has 0 unspecified atom stereocenters. The zero-order valence-corrected chi connectivity index (χ0v) is 19.0. The van der Waals surface area contributed by atoms with Crippen LogP contribution in [0, 0.1) is 12.3 Å². The molecule has 0 spiro atoms. The number of amides is 1. The molecule has 7 heteroatoms. The predicted octanol–water partition coefficient (Wildman–Crippen LogP) is 4.45. The van der Waals surface area contributed by atoms with Gasteiger partial charge in [-0.15, -0.1) is 6.42 Å². The third-order valence-corrected chi connectivity index (χ3v) is 5.97. The normalized spacial score (nSPS) is 11.4. The van der Waals surface area contributed by atoms with Crippen LogP contribution in [0.25, 0.3) is 10.2 Å². The van der Waals surface area contributed by atoms with Crippen LogP contribution in [0.3, 0.4) is 0 Å². The third kappa shape index (κ3) is 4.75. The Labute approximate surface area is 186 Å². The van der Waals surface area contributed by atoms with Crippen molar-refractivity contribution in [3.8, 4) is 29.6 Å². The molecule has 0 saturated heterocycles. The molecular formula is C24H26N2O4S. The van der Waals surface area contributed by atoms with Crippen LogP contribution in [0.4, 0.5) is 0 Å². The van der Waals surface area contributed by atoms with Gasteiger partial charge in [0.2, 0.25) is 5.75 Å². The summed E-state index contributed by atoms with van der Waals surface area (Å²) in [5.74, 6) is 3.46. The van der Waals surface area contributed by atoms with Gasteiger partial charge in [-0.25, -0.2) is 0 Å². The number of nitrogens with zero attached hydrogens (tertiary/aromatic N) is 2. The molecule has 0 fully saturated rings. The fraction of sp³-hybridized carbons (Fsp3) is 0.333. The van der Waals surface area contributed by atoms with E-state index in [1.165, 1.54) is 38.2 Å². The average molecular weight is 439 g/mol. The summed E-state index contributed by atoms with van der Waals surface area (Å²) in [7, 11) is 4.53. The number of terminal acetylenes is 1. The zero-order chi connectivity index (χ0) is 22.4. The Morgan fingerprint density at radius 1 is 1.13 bits per heavy atom. The van der Waals surface area contributed by atoms with Crippen molar-refractivity contribution >= 4 is 27.5 Å². The van der Waals surface area contributed by atoms with Crippen LogP contribution < -0.4 is 19.0 Å². The second-order valence-corrected chi connectivity index (χ2v) is 7.92. The van der Waals surface area contributed by atoms with Crippen LogP contribution in [-0.4, -0.2) is 31.8 Å². The van der Waals surface area contributed by atoms with Gasteiger partial charge in [0.05, 0.1) is 38.1 Å². The van der Waals surface area contributed by atoms with Gasteiger partial charge in [-0.1, -0.05) is 36.7 Å². The number of rotatable bonds is 8. The topological polar surface area (TPSA) is 62.1 Å². The first-order valence-corrected chi connectivity index (χ1v) is 10.8. The van der Waals surface area contributed by atoms with E-state index in [1.54, 1.807) is 12.1 Å². The fourth-order valence-electron chi connectivity index (χ4n) is 3.34. The molecule has 0 aliphatic heterocycles. The summed E-state index contributed by atoms with van der Waals surface area (Å²) in [5.41, 5.74) is 2.58. The Morgan fingerprint density at radius 2 is 1.84 bits per heavy atom. The molecule has 0 saturated carbocycles. The van der Waals surface area contributed by atoms with Gasteiger partial charge in [0.1, 0.15) is 0 Å². The maximum absolute atomic E-state index is 13.0. The number of benzene rings is 2. The standard InChI is InChI=1S/C24H26N2O4S/c1-6-8-9-16-10-11-18-21(13-16)31-24(26(18)12-7-2)25-23(27)17-14-19(28-3)22(30-5)20(15-17)29-4/h2,10-11,13-15H,6,8-9,12H2,1,3-5H3.